The van der Waals surface area contributed by atoms with Gasteiger partial charge in [-0.3, -0.25) is 0 Å². The molecule has 0 amide bonds. The van der Waals surface area contributed by atoms with Crippen molar-refractivity contribution in [3.05, 3.63) is 231 Å². The molecule has 0 aliphatic rings. The molecule has 0 unspecified atom stereocenters. The molecule has 0 aliphatic carbocycles. The Labute approximate surface area is 338 Å². The third-order valence-corrected chi connectivity index (χ3v) is 11.5. The largest absolute Gasteiger partial charge is 0.309 e. The summed E-state index contributed by atoms with van der Waals surface area (Å²) in [6.07, 6.45) is 0. The van der Waals surface area contributed by atoms with E-state index < -0.39 is 0 Å². The molecule has 0 saturated carbocycles. The average Bonchev–Trinajstić information content (AvgIpc) is 3.87. The van der Waals surface area contributed by atoms with E-state index in [-0.39, 0.29) is 0 Å². The molecule has 9 aromatic carbocycles. The third-order valence-electron chi connectivity index (χ3n) is 11.5. The summed E-state index contributed by atoms with van der Waals surface area (Å²) in [5.74, 6) is 0. The Bertz CT molecular complexity index is 3160. The van der Waals surface area contributed by atoms with Gasteiger partial charge >= 0.3 is 0 Å². The Morgan fingerprint density at radius 3 is 1.21 bits per heavy atom. The van der Waals surface area contributed by atoms with Gasteiger partial charge in [0.1, 0.15) is 0 Å². The molecule has 272 valence electrons. The molecule has 0 N–H and O–H groups in total. The minimum atomic E-state index is 1.13. The van der Waals surface area contributed by atoms with Crippen LogP contribution in [0.25, 0.3) is 99.8 Å². The zero-order chi connectivity index (χ0) is 38.4. The molecule has 2 heterocycles. The molecule has 0 saturated heterocycles. The molecular formula is C56H38N2. The van der Waals surface area contributed by atoms with Crippen molar-refractivity contribution >= 4 is 32.7 Å². The summed E-state index contributed by atoms with van der Waals surface area (Å²) in [5.41, 5.74) is 17.8. The van der Waals surface area contributed by atoms with Gasteiger partial charge in [0, 0.05) is 27.5 Å². The topological polar surface area (TPSA) is 9.86 Å². The summed E-state index contributed by atoms with van der Waals surface area (Å²) in [5, 5.41) is 3.66. The van der Waals surface area contributed by atoms with E-state index in [4.69, 9.17) is 0 Å². The number of para-hydroxylation sites is 1. The fraction of sp³-hybridized carbons (Fsp3) is 0. The maximum absolute atomic E-state index is 2.48. The van der Waals surface area contributed by atoms with Gasteiger partial charge in [-0.15, -0.1) is 0 Å². The highest BCUT2D eigenvalue weighted by Gasteiger charge is 2.21. The lowest BCUT2D eigenvalue weighted by Crippen LogP contribution is -1.97. The monoisotopic (exact) mass is 738 g/mol. The molecule has 11 aromatic rings. The average molecular weight is 739 g/mol. The summed E-state index contributed by atoms with van der Waals surface area (Å²) in [4.78, 5) is 0. The molecule has 0 aliphatic heterocycles. The summed E-state index contributed by atoms with van der Waals surface area (Å²) >= 11 is 0. The highest BCUT2D eigenvalue weighted by molar-refractivity contribution is 6.20. The van der Waals surface area contributed by atoms with Crippen LogP contribution in [0.2, 0.25) is 0 Å². The van der Waals surface area contributed by atoms with Crippen molar-refractivity contribution in [1.82, 2.24) is 9.13 Å². The van der Waals surface area contributed by atoms with Crippen molar-refractivity contribution in [2.45, 2.75) is 0 Å². The first-order valence-corrected chi connectivity index (χ1v) is 19.9. The van der Waals surface area contributed by atoms with Crippen LogP contribution in [-0.4, -0.2) is 9.13 Å². The van der Waals surface area contributed by atoms with Crippen LogP contribution in [0.3, 0.4) is 0 Å². The number of hydrogen-bond acceptors (Lipinski definition) is 0. The lowest BCUT2D eigenvalue weighted by molar-refractivity contribution is 1.13. The van der Waals surface area contributed by atoms with Gasteiger partial charge in [0.15, 0.2) is 0 Å². The maximum atomic E-state index is 2.48. The van der Waals surface area contributed by atoms with Gasteiger partial charge in [-0.25, -0.2) is 0 Å². The second-order valence-electron chi connectivity index (χ2n) is 15.0. The first-order chi connectivity index (χ1) is 28.8. The zero-order valence-corrected chi connectivity index (χ0v) is 31.8. The van der Waals surface area contributed by atoms with Crippen LogP contribution in [0.1, 0.15) is 0 Å². The van der Waals surface area contributed by atoms with Gasteiger partial charge in [0.25, 0.3) is 0 Å². The molecule has 0 atom stereocenters. The van der Waals surface area contributed by atoms with Crippen molar-refractivity contribution < 1.29 is 0 Å². The van der Waals surface area contributed by atoms with Crippen LogP contribution in [0.5, 0.6) is 0 Å². The van der Waals surface area contributed by atoms with Crippen molar-refractivity contribution in [3.63, 3.8) is 0 Å². The molecule has 0 bridgehead atoms. The normalized spacial score (nSPS) is 11.4. The van der Waals surface area contributed by atoms with Crippen LogP contribution < -0.4 is 0 Å². The third kappa shape index (κ3) is 5.82. The van der Waals surface area contributed by atoms with E-state index in [9.17, 15) is 0 Å². The van der Waals surface area contributed by atoms with Crippen LogP contribution in [0.15, 0.2) is 231 Å². The van der Waals surface area contributed by atoms with Crippen molar-refractivity contribution in [2.24, 2.45) is 0 Å². The minimum Gasteiger partial charge on any atom is -0.309 e. The second-order valence-corrected chi connectivity index (χ2v) is 15.0. The van der Waals surface area contributed by atoms with E-state index in [0.717, 1.165) is 17.1 Å². The van der Waals surface area contributed by atoms with Crippen LogP contribution in [0, 0.1) is 0 Å². The second kappa shape index (κ2) is 14.1. The SMILES string of the molecule is c1ccc(-c2ccc(-n3c4ccc(-c5cc(-c6ccccc6)cc(-c6ccccc6)c5)cc4c4ccc5c(cc(-c6ccccc6)n5-c5ccccc5)c43)cc2)cc1. The Kier molecular flexibility index (Phi) is 8.19. The van der Waals surface area contributed by atoms with E-state index in [1.807, 2.05) is 0 Å². The van der Waals surface area contributed by atoms with Crippen LogP contribution >= 0.6 is 0 Å². The predicted molar refractivity (Wildman–Crippen MR) is 245 cm³/mol. The number of aromatic nitrogens is 2. The summed E-state index contributed by atoms with van der Waals surface area (Å²) in [7, 11) is 0. The maximum Gasteiger partial charge on any atom is 0.0635 e. The first kappa shape index (κ1) is 33.6. The van der Waals surface area contributed by atoms with Crippen molar-refractivity contribution in [2.75, 3.05) is 0 Å². The molecule has 0 radical (unpaired) electrons. The van der Waals surface area contributed by atoms with Gasteiger partial charge in [-0.1, -0.05) is 164 Å². The Morgan fingerprint density at radius 2 is 0.638 bits per heavy atom. The lowest BCUT2D eigenvalue weighted by atomic mass is 9.93. The van der Waals surface area contributed by atoms with Gasteiger partial charge in [0.2, 0.25) is 0 Å². The molecule has 2 heteroatoms. The Balaban J connectivity index is 1.18. The van der Waals surface area contributed by atoms with Crippen molar-refractivity contribution in [3.8, 4) is 67.1 Å². The fourth-order valence-electron chi connectivity index (χ4n) is 8.74. The standard InChI is InChI=1S/C56H38N2/c1-6-16-39(17-7-1)42-26-29-49(30-27-42)58-53-32-28-44(47-35-45(40-18-8-2-9-19-40)34-46(36-47)41-20-10-3-11-21-41)37-51(53)50-31-33-54-52(56(50)58)38-55(43-22-12-4-13-23-43)57(54)48-24-14-5-15-25-48/h1-38H. The van der Waals surface area contributed by atoms with Crippen LogP contribution in [-0.2, 0) is 0 Å². The molecular weight excluding hydrogens is 701 g/mol. The van der Waals surface area contributed by atoms with Gasteiger partial charge in [0.05, 0.1) is 22.2 Å². The molecule has 2 aromatic heterocycles. The van der Waals surface area contributed by atoms with Gasteiger partial charge in [-0.05, 0) is 117 Å². The highest BCUT2D eigenvalue weighted by atomic mass is 15.0. The van der Waals surface area contributed by atoms with Crippen LogP contribution in [0.4, 0.5) is 0 Å². The van der Waals surface area contributed by atoms with E-state index in [0.29, 0.717) is 0 Å². The van der Waals surface area contributed by atoms with E-state index in [1.54, 1.807) is 0 Å². The number of benzene rings is 9. The molecule has 58 heavy (non-hydrogen) atoms. The van der Waals surface area contributed by atoms with E-state index >= 15 is 0 Å². The molecule has 0 spiro atoms. The van der Waals surface area contributed by atoms with Gasteiger partial charge < -0.3 is 9.13 Å². The molecule has 2 nitrogen and oxygen atoms in total. The number of hydrogen-bond donors (Lipinski definition) is 0. The van der Waals surface area contributed by atoms with E-state index in [2.05, 4.69) is 240 Å². The number of rotatable bonds is 7. The highest BCUT2D eigenvalue weighted by Crippen LogP contribution is 2.43. The summed E-state index contributed by atoms with van der Waals surface area (Å²) < 4.78 is 4.89. The molecule has 11 rings (SSSR count). The Morgan fingerprint density at radius 1 is 0.224 bits per heavy atom. The predicted octanol–water partition coefficient (Wildman–Crippen LogP) is 15.1. The smallest absolute Gasteiger partial charge is 0.0635 e. The minimum absolute atomic E-state index is 1.13. The molecule has 0 fully saturated rings. The Hall–Kier alpha value is -7.68. The van der Waals surface area contributed by atoms with Gasteiger partial charge in [-0.2, -0.15) is 0 Å². The quantitative estimate of drug-likeness (QED) is 0.154. The summed E-state index contributed by atoms with van der Waals surface area (Å²) in [6.45, 7) is 0. The first-order valence-electron chi connectivity index (χ1n) is 19.9. The van der Waals surface area contributed by atoms with E-state index in [1.165, 1.54) is 82.8 Å². The van der Waals surface area contributed by atoms with Crippen molar-refractivity contribution in [1.29, 1.82) is 0 Å². The number of nitrogens with zero attached hydrogens (tertiary/aromatic N) is 2. The fourth-order valence-corrected chi connectivity index (χ4v) is 8.74. The number of fused-ring (bicyclic) bond motifs is 5. The summed E-state index contributed by atoms with van der Waals surface area (Å²) in [6, 6.07) is 83.7. The zero-order valence-electron chi connectivity index (χ0n) is 31.8. The lowest BCUT2D eigenvalue weighted by Gasteiger charge is -2.13.